The summed E-state index contributed by atoms with van der Waals surface area (Å²) in [6, 6.07) is 9.24. The number of benzene rings is 2. The van der Waals surface area contributed by atoms with Gasteiger partial charge in [-0.3, -0.25) is 19.8 Å². The number of nitro benzene ring substituents is 1. The van der Waals surface area contributed by atoms with E-state index in [-0.39, 0.29) is 17.4 Å². The fourth-order valence-corrected chi connectivity index (χ4v) is 5.24. The Bertz CT molecular complexity index is 1210. The number of thiocarbonyl (C=S) groups is 1. The normalized spacial score (nSPS) is 15.4. The molecule has 1 fully saturated rings. The summed E-state index contributed by atoms with van der Waals surface area (Å²) in [5.41, 5.74) is -0.0417. The highest BCUT2D eigenvalue weighted by molar-refractivity contribution is 8.26. The molecule has 0 aromatic heterocycles. The largest absolute Gasteiger partial charge is 0.493 e. The first-order valence-electron chi connectivity index (χ1n) is 8.79. The summed E-state index contributed by atoms with van der Waals surface area (Å²) >= 11 is 6.35. The number of thioether (sulfide) groups is 1. The molecule has 1 aliphatic heterocycles. The van der Waals surface area contributed by atoms with Crippen molar-refractivity contribution in [2.75, 3.05) is 13.7 Å². The summed E-state index contributed by atoms with van der Waals surface area (Å²) in [6.07, 6.45) is 1.61. The van der Waals surface area contributed by atoms with Crippen molar-refractivity contribution in [2.45, 2.75) is 11.8 Å². The number of hydrogen-bond donors (Lipinski definition) is 0. The van der Waals surface area contributed by atoms with E-state index in [9.17, 15) is 23.3 Å². The van der Waals surface area contributed by atoms with Gasteiger partial charge in [-0.1, -0.05) is 42.2 Å². The van der Waals surface area contributed by atoms with E-state index in [1.807, 2.05) is 6.92 Å². The van der Waals surface area contributed by atoms with Crippen LogP contribution in [0, 0.1) is 10.1 Å². The molecule has 1 amide bonds. The van der Waals surface area contributed by atoms with Crippen LogP contribution in [0.1, 0.15) is 12.5 Å². The van der Waals surface area contributed by atoms with Crippen LogP contribution in [-0.4, -0.2) is 42.1 Å². The minimum atomic E-state index is -4.50. The lowest BCUT2D eigenvalue weighted by Gasteiger charge is -2.12. The molecule has 9 nitrogen and oxygen atoms in total. The van der Waals surface area contributed by atoms with Crippen LogP contribution in [0.3, 0.4) is 0 Å². The van der Waals surface area contributed by atoms with Gasteiger partial charge in [-0.15, -0.1) is 0 Å². The molecule has 31 heavy (non-hydrogen) atoms. The molecule has 1 saturated heterocycles. The van der Waals surface area contributed by atoms with E-state index in [0.29, 0.717) is 21.3 Å². The maximum atomic E-state index is 12.6. The highest BCUT2D eigenvalue weighted by Crippen LogP contribution is 2.36. The Kier molecular flexibility index (Phi) is 6.62. The van der Waals surface area contributed by atoms with Gasteiger partial charge in [0.05, 0.1) is 16.9 Å². The summed E-state index contributed by atoms with van der Waals surface area (Å²) in [5, 5.41) is 11.2. The number of rotatable bonds is 7. The lowest BCUT2D eigenvalue weighted by Crippen LogP contribution is -2.27. The van der Waals surface area contributed by atoms with Crippen LogP contribution >= 0.6 is 24.0 Å². The second kappa shape index (κ2) is 9.04. The number of methoxy groups -OCH3 is 1. The maximum Gasteiger partial charge on any atom is 0.346 e. The van der Waals surface area contributed by atoms with Crippen molar-refractivity contribution in [3.05, 3.63) is 63.0 Å². The third-order valence-electron chi connectivity index (χ3n) is 4.21. The molecule has 12 heteroatoms. The van der Waals surface area contributed by atoms with E-state index in [0.717, 1.165) is 12.1 Å². The van der Waals surface area contributed by atoms with Gasteiger partial charge in [0, 0.05) is 12.6 Å². The van der Waals surface area contributed by atoms with Crippen LogP contribution in [0.4, 0.5) is 5.69 Å². The van der Waals surface area contributed by atoms with Gasteiger partial charge in [-0.25, -0.2) is 0 Å². The molecule has 0 spiro atoms. The number of nitro groups is 1. The Morgan fingerprint density at radius 3 is 2.55 bits per heavy atom. The summed E-state index contributed by atoms with van der Waals surface area (Å²) < 4.78 is 36.1. The van der Waals surface area contributed by atoms with E-state index in [1.54, 1.807) is 6.08 Å². The fourth-order valence-electron chi connectivity index (χ4n) is 2.75. The van der Waals surface area contributed by atoms with Crippen LogP contribution in [-0.2, 0) is 14.9 Å². The minimum Gasteiger partial charge on any atom is -0.493 e. The van der Waals surface area contributed by atoms with Crippen LogP contribution in [0.5, 0.6) is 11.5 Å². The van der Waals surface area contributed by atoms with Gasteiger partial charge in [0.15, 0.2) is 16.4 Å². The average Bonchev–Trinajstić information content (AvgIpc) is 3.01. The number of hydrogen-bond acceptors (Lipinski definition) is 9. The van der Waals surface area contributed by atoms with Crippen molar-refractivity contribution in [1.82, 2.24) is 4.90 Å². The molecule has 0 unspecified atom stereocenters. The van der Waals surface area contributed by atoms with Gasteiger partial charge in [0.25, 0.3) is 11.6 Å². The summed E-state index contributed by atoms with van der Waals surface area (Å²) in [4.78, 5) is 24.0. The number of amides is 1. The van der Waals surface area contributed by atoms with E-state index >= 15 is 0 Å². The highest BCUT2D eigenvalue weighted by atomic mass is 32.2. The van der Waals surface area contributed by atoms with E-state index in [2.05, 4.69) is 0 Å². The van der Waals surface area contributed by atoms with Crippen LogP contribution in [0.15, 0.2) is 52.3 Å². The zero-order valence-corrected chi connectivity index (χ0v) is 18.8. The monoisotopic (exact) mass is 480 g/mol. The van der Waals surface area contributed by atoms with Gasteiger partial charge in [-0.05, 0) is 36.8 Å². The zero-order chi connectivity index (χ0) is 22.8. The van der Waals surface area contributed by atoms with Crippen molar-refractivity contribution in [3.8, 4) is 11.5 Å². The van der Waals surface area contributed by atoms with Crippen molar-refractivity contribution in [3.63, 3.8) is 0 Å². The number of nitrogens with zero attached hydrogens (tertiary/aromatic N) is 2. The summed E-state index contributed by atoms with van der Waals surface area (Å²) in [6.45, 7) is 2.28. The van der Waals surface area contributed by atoms with Gasteiger partial charge in [0.2, 0.25) is 0 Å². The fraction of sp³-hybridized carbons (Fsp3) is 0.158. The molecule has 0 N–H and O–H groups in total. The molecule has 162 valence electrons. The first-order valence-corrected chi connectivity index (χ1v) is 11.4. The quantitative estimate of drug-likeness (QED) is 0.193. The zero-order valence-electron chi connectivity index (χ0n) is 16.3. The van der Waals surface area contributed by atoms with Crippen molar-refractivity contribution >= 4 is 56.1 Å². The smallest absolute Gasteiger partial charge is 0.346 e. The maximum absolute atomic E-state index is 12.6. The Morgan fingerprint density at radius 1 is 1.23 bits per heavy atom. The molecule has 0 atom stereocenters. The topological polar surface area (TPSA) is 116 Å². The van der Waals surface area contributed by atoms with Gasteiger partial charge < -0.3 is 8.92 Å². The SMILES string of the molecule is CCN1C(=O)C(=Cc2ccc(OS(=O)(=O)c3ccccc3[N+](=O)[O-])c(OC)c2)SC1=S. The Balaban J connectivity index is 1.93. The van der Waals surface area contributed by atoms with E-state index < -0.39 is 25.6 Å². The van der Waals surface area contributed by atoms with E-state index in [1.165, 1.54) is 54.1 Å². The number of ether oxygens (including phenoxy) is 1. The lowest BCUT2D eigenvalue weighted by atomic mass is 10.2. The second-order valence-electron chi connectivity index (χ2n) is 6.10. The average molecular weight is 481 g/mol. The third-order valence-corrected chi connectivity index (χ3v) is 6.87. The minimum absolute atomic E-state index is 0.0712. The molecule has 0 radical (unpaired) electrons. The lowest BCUT2D eigenvalue weighted by molar-refractivity contribution is -0.387. The van der Waals surface area contributed by atoms with Crippen LogP contribution < -0.4 is 8.92 Å². The molecule has 1 aliphatic rings. The highest BCUT2D eigenvalue weighted by Gasteiger charge is 2.31. The van der Waals surface area contributed by atoms with Crippen LogP contribution in [0.25, 0.3) is 6.08 Å². The molecule has 0 saturated carbocycles. The predicted octanol–water partition coefficient (Wildman–Crippen LogP) is 3.59. The van der Waals surface area contributed by atoms with Crippen molar-refractivity contribution in [1.29, 1.82) is 0 Å². The van der Waals surface area contributed by atoms with Crippen molar-refractivity contribution < 1.29 is 27.1 Å². The molecule has 0 aliphatic carbocycles. The summed E-state index contributed by atoms with van der Waals surface area (Å²) in [7, 11) is -3.18. The number of para-hydroxylation sites is 1. The van der Waals surface area contributed by atoms with Gasteiger partial charge in [0.1, 0.15) is 4.32 Å². The third kappa shape index (κ3) is 4.70. The molecule has 0 bridgehead atoms. The number of likely N-dealkylation sites (N-methyl/N-ethyl adjacent to an activating group) is 1. The molecular weight excluding hydrogens is 464 g/mol. The summed E-state index contributed by atoms with van der Waals surface area (Å²) in [5.74, 6) is -0.295. The molecule has 2 aromatic rings. The van der Waals surface area contributed by atoms with Crippen LogP contribution in [0.2, 0.25) is 0 Å². The van der Waals surface area contributed by atoms with Gasteiger partial charge >= 0.3 is 10.1 Å². The number of carbonyl (C=O) groups excluding carboxylic acids is 1. The van der Waals surface area contributed by atoms with Crippen molar-refractivity contribution in [2.24, 2.45) is 0 Å². The predicted molar refractivity (Wildman–Crippen MR) is 119 cm³/mol. The van der Waals surface area contributed by atoms with E-state index in [4.69, 9.17) is 21.1 Å². The van der Waals surface area contributed by atoms with Gasteiger partial charge in [-0.2, -0.15) is 8.42 Å². The molecular formula is C19H16N2O7S3. The Morgan fingerprint density at radius 2 is 1.94 bits per heavy atom. The second-order valence-corrected chi connectivity index (χ2v) is 9.29. The standard InChI is InChI=1S/C19H16N2O7S3/c1-3-20-18(22)16(30-19(20)29)11-12-8-9-14(15(10-12)27-2)28-31(25,26)17-7-5-4-6-13(17)21(23)24/h4-11H,3H2,1-2H3. The number of carbonyl (C=O) groups is 1. The first kappa shape index (κ1) is 22.7. The Hall–Kier alpha value is -2.96. The molecule has 1 heterocycles. The molecule has 2 aromatic carbocycles. The Labute approximate surface area is 187 Å². The molecule has 3 rings (SSSR count). The first-order chi connectivity index (χ1) is 14.7.